The highest BCUT2D eigenvalue weighted by Gasteiger charge is 2.12. The Bertz CT molecular complexity index is 530. The molecule has 4 nitrogen and oxygen atoms in total. The lowest BCUT2D eigenvalue weighted by Crippen LogP contribution is -2.16. The molecule has 0 aliphatic carbocycles. The van der Waals surface area contributed by atoms with E-state index in [1.54, 1.807) is 12.3 Å². The van der Waals surface area contributed by atoms with Crippen LogP contribution in [-0.4, -0.2) is 23.0 Å². The van der Waals surface area contributed by atoms with E-state index in [1.807, 2.05) is 26.1 Å². The minimum Gasteiger partial charge on any atom is -0.477 e. The number of aromatic carboxylic acids is 1. The molecule has 0 bridgehead atoms. The molecule has 0 aromatic carbocycles. The standard InChI is InChI=1S/C13H15NO3S/c1-9-10(6-12(18-9)13(15)16)7-14(2)8-11-4-3-5-17-11/h3-6H,7-8H2,1-2H3,(H,15,16). The Labute approximate surface area is 109 Å². The number of aryl methyl sites for hydroxylation is 1. The molecule has 2 aromatic rings. The highest BCUT2D eigenvalue weighted by molar-refractivity contribution is 7.14. The Morgan fingerprint density at radius 2 is 2.28 bits per heavy atom. The fourth-order valence-corrected chi connectivity index (χ4v) is 2.67. The summed E-state index contributed by atoms with van der Waals surface area (Å²) >= 11 is 1.32. The fraction of sp³-hybridized carbons (Fsp3) is 0.308. The average molecular weight is 265 g/mol. The second kappa shape index (κ2) is 5.37. The molecule has 18 heavy (non-hydrogen) atoms. The van der Waals surface area contributed by atoms with Crippen molar-refractivity contribution >= 4 is 17.3 Å². The molecule has 2 heterocycles. The maximum absolute atomic E-state index is 10.9. The third-order valence-corrected chi connectivity index (χ3v) is 3.76. The molecule has 0 aliphatic rings. The van der Waals surface area contributed by atoms with Gasteiger partial charge in [0, 0.05) is 11.4 Å². The Kier molecular flexibility index (Phi) is 3.84. The molecular formula is C13H15NO3S. The monoisotopic (exact) mass is 265 g/mol. The van der Waals surface area contributed by atoms with Crippen LogP contribution in [0.1, 0.15) is 25.9 Å². The highest BCUT2D eigenvalue weighted by Crippen LogP contribution is 2.23. The molecule has 0 saturated carbocycles. The van der Waals surface area contributed by atoms with Gasteiger partial charge in [0.1, 0.15) is 10.6 Å². The van der Waals surface area contributed by atoms with Crippen molar-refractivity contribution in [2.75, 3.05) is 7.05 Å². The fourth-order valence-electron chi connectivity index (χ4n) is 1.80. The second-order valence-electron chi connectivity index (χ2n) is 4.25. The van der Waals surface area contributed by atoms with Gasteiger partial charge in [0.15, 0.2) is 0 Å². The maximum atomic E-state index is 10.9. The van der Waals surface area contributed by atoms with E-state index in [9.17, 15) is 4.79 Å². The molecule has 0 unspecified atom stereocenters. The van der Waals surface area contributed by atoms with E-state index in [1.165, 1.54) is 11.3 Å². The molecule has 2 aromatic heterocycles. The number of hydrogen-bond acceptors (Lipinski definition) is 4. The number of hydrogen-bond donors (Lipinski definition) is 1. The zero-order chi connectivity index (χ0) is 13.1. The summed E-state index contributed by atoms with van der Waals surface area (Å²) in [5.74, 6) is 0.0480. The molecule has 5 heteroatoms. The summed E-state index contributed by atoms with van der Waals surface area (Å²) in [4.78, 5) is 14.4. The van der Waals surface area contributed by atoms with Gasteiger partial charge in [-0.15, -0.1) is 11.3 Å². The smallest absolute Gasteiger partial charge is 0.345 e. The Morgan fingerprint density at radius 3 is 2.83 bits per heavy atom. The molecule has 0 fully saturated rings. The van der Waals surface area contributed by atoms with Gasteiger partial charge in [0.25, 0.3) is 0 Å². The van der Waals surface area contributed by atoms with Gasteiger partial charge in [0.2, 0.25) is 0 Å². The number of carboxylic acid groups (broad SMARTS) is 1. The van der Waals surface area contributed by atoms with Gasteiger partial charge in [-0.25, -0.2) is 4.79 Å². The summed E-state index contributed by atoms with van der Waals surface area (Å²) in [7, 11) is 1.99. The summed E-state index contributed by atoms with van der Waals surface area (Å²) in [6, 6.07) is 5.54. The lowest BCUT2D eigenvalue weighted by Gasteiger charge is -2.14. The van der Waals surface area contributed by atoms with E-state index < -0.39 is 5.97 Å². The van der Waals surface area contributed by atoms with Gasteiger partial charge in [-0.1, -0.05) is 0 Å². The van der Waals surface area contributed by atoms with E-state index in [4.69, 9.17) is 9.52 Å². The quantitative estimate of drug-likeness (QED) is 0.903. The van der Waals surface area contributed by atoms with Crippen LogP contribution < -0.4 is 0 Å². The van der Waals surface area contributed by atoms with Crippen LogP contribution >= 0.6 is 11.3 Å². The van der Waals surface area contributed by atoms with E-state index in [0.29, 0.717) is 11.4 Å². The van der Waals surface area contributed by atoms with Crippen LogP contribution in [0.15, 0.2) is 28.9 Å². The molecule has 0 spiro atoms. The summed E-state index contributed by atoms with van der Waals surface area (Å²) in [6.07, 6.45) is 1.65. The molecule has 0 aliphatic heterocycles. The predicted molar refractivity (Wildman–Crippen MR) is 69.9 cm³/mol. The van der Waals surface area contributed by atoms with Crippen LogP contribution in [0, 0.1) is 6.92 Å². The van der Waals surface area contributed by atoms with E-state index in [-0.39, 0.29) is 0 Å². The summed E-state index contributed by atoms with van der Waals surface area (Å²) in [5.41, 5.74) is 1.06. The second-order valence-corrected chi connectivity index (χ2v) is 5.51. The van der Waals surface area contributed by atoms with Crippen molar-refractivity contribution in [3.8, 4) is 0 Å². The van der Waals surface area contributed by atoms with Crippen molar-refractivity contribution in [3.05, 3.63) is 45.5 Å². The van der Waals surface area contributed by atoms with Crippen molar-refractivity contribution in [3.63, 3.8) is 0 Å². The largest absolute Gasteiger partial charge is 0.477 e. The van der Waals surface area contributed by atoms with Gasteiger partial charge in [-0.05, 0) is 37.7 Å². The summed E-state index contributed by atoms with van der Waals surface area (Å²) in [6.45, 7) is 3.38. The SMILES string of the molecule is Cc1sc(C(=O)O)cc1CN(C)Cc1ccco1. The number of thiophene rings is 1. The third kappa shape index (κ3) is 3.00. The summed E-state index contributed by atoms with van der Waals surface area (Å²) < 4.78 is 5.28. The van der Waals surface area contributed by atoms with Crippen LogP contribution in [0.4, 0.5) is 0 Å². The number of rotatable bonds is 5. The van der Waals surface area contributed by atoms with Crippen molar-refractivity contribution in [1.29, 1.82) is 0 Å². The third-order valence-electron chi connectivity index (χ3n) is 2.68. The predicted octanol–water partition coefficient (Wildman–Crippen LogP) is 2.98. The minimum absolute atomic E-state index is 0.397. The molecule has 0 saturated heterocycles. The van der Waals surface area contributed by atoms with Crippen molar-refractivity contribution < 1.29 is 14.3 Å². The van der Waals surface area contributed by atoms with Crippen molar-refractivity contribution in [2.24, 2.45) is 0 Å². The minimum atomic E-state index is -0.858. The average Bonchev–Trinajstić information content (AvgIpc) is 2.89. The zero-order valence-corrected chi connectivity index (χ0v) is 11.2. The number of furan rings is 1. The van der Waals surface area contributed by atoms with Gasteiger partial charge >= 0.3 is 5.97 Å². The van der Waals surface area contributed by atoms with Gasteiger partial charge in [0.05, 0.1) is 12.8 Å². The van der Waals surface area contributed by atoms with Crippen LogP contribution in [-0.2, 0) is 13.1 Å². The maximum Gasteiger partial charge on any atom is 0.345 e. The number of carboxylic acids is 1. The first-order valence-corrected chi connectivity index (χ1v) is 6.41. The molecule has 0 amide bonds. The zero-order valence-electron chi connectivity index (χ0n) is 10.3. The van der Waals surface area contributed by atoms with Gasteiger partial charge < -0.3 is 9.52 Å². The molecule has 0 atom stereocenters. The lowest BCUT2D eigenvalue weighted by atomic mass is 10.2. The first-order chi connectivity index (χ1) is 8.56. The molecule has 2 rings (SSSR count). The van der Waals surface area contributed by atoms with Gasteiger partial charge in [-0.3, -0.25) is 4.90 Å². The molecular weight excluding hydrogens is 250 g/mol. The van der Waals surface area contributed by atoms with E-state index in [2.05, 4.69) is 4.90 Å². The van der Waals surface area contributed by atoms with E-state index in [0.717, 1.165) is 22.7 Å². The lowest BCUT2D eigenvalue weighted by molar-refractivity contribution is 0.0702. The van der Waals surface area contributed by atoms with Gasteiger partial charge in [-0.2, -0.15) is 0 Å². The Morgan fingerprint density at radius 1 is 1.50 bits per heavy atom. The molecule has 96 valence electrons. The van der Waals surface area contributed by atoms with Crippen LogP contribution in [0.25, 0.3) is 0 Å². The Balaban J connectivity index is 2.02. The first-order valence-electron chi connectivity index (χ1n) is 5.60. The Hall–Kier alpha value is -1.59. The van der Waals surface area contributed by atoms with Crippen LogP contribution in [0.5, 0.6) is 0 Å². The topological polar surface area (TPSA) is 53.7 Å². The molecule has 0 radical (unpaired) electrons. The van der Waals surface area contributed by atoms with Crippen molar-refractivity contribution in [2.45, 2.75) is 20.0 Å². The summed E-state index contributed by atoms with van der Waals surface area (Å²) in [5, 5.41) is 8.95. The van der Waals surface area contributed by atoms with E-state index >= 15 is 0 Å². The number of carbonyl (C=O) groups is 1. The van der Waals surface area contributed by atoms with Crippen LogP contribution in [0.3, 0.4) is 0 Å². The molecule has 1 N–H and O–H groups in total. The highest BCUT2D eigenvalue weighted by atomic mass is 32.1. The first kappa shape index (κ1) is 12.9. The number of nitrogens with zero attached hydrogens (tertiary/aromatic N) is 1. The van der Waals surface area contributed by atoms with Crippen molar-refractivity contribution in [1.82, 2.24) is 4.90 Å². The van der Waals surface area contributed by atoms with Crippen LogP contribution in [0.2, 0.25) is 0 Å². The normalized spacial score (nSPS) is 11.1.